The third kappa shape index (κ3) is 3.69. The molecule has 0 spiro atoms. The molecule has 0 fully saturated rings. The minimum Gasteiger partial charge on any atom is -0.494 e. The topological polar surface area (TPSA) is 67.0 Å². The van der Waals surface area contributed by atoms with Gasteiger partial charge in [0.15, 0.2) is 0 Å². The van der Waals surface area contributed by atoms with Crippen LogP contribution in [0.5, 0.6) is 5.75 Å². The maximum atomic E-state index is 12.2. The molecule has 23 heavy (non-hydrogen) atoms. The van der Waals surface area contributed by atoms with Crippen LogP contribution in [-0.4, -0.2) is 22.7 Å². The number of aromatic nitrogens is 2. The first-order valence-corrected chi connectivity index (χ1v) is 7.70. The molecule has 2 aromatic carbocycles. The lowest BCUT2D eigenvalue weighted by molar-refractivity contribution is -0.116. The number of benzene rings is 2. The third-order valence-corrected chi connectivity index (χ3v) is 3.62. The van der Waals surface area contributed by atoms with Gasteiger partial charge in [0.1, 0.15) is 5.75 Å². The highest BCUT2D eigenvalue weighted by Gasteiger charge is 2.07. The summed E-state index contributed by atoms with van der Waals surface area (Å²) in [6.07, 6.45) is 2.80. The molecule has 0 aliphatic carbocycles. The number of hydrogen-bond donors (Lipinski definition) is 2. The Morgan fingerprint density at radius 3 is 3.00 bits per heavy atom. The monoisotopic (exact) mass is 309 g/mol. The van der Waals surface area contributed by atoms with Crippen LogP contribution in [0.15, 0.2) is 48.7 Å². The molecule has 0 unspecified atom stereocenters. The smallest absolute Gasteiger partial charge is 0.224 e. The molecule has 1 amide bonds. The van der Waals surface area contributed by atoms with Crippen LogP contribution < -0.4 is 10.1 Å². The zero-order chi connectivity index (χ0) is 16.1. The number of aromatic amines is 1. The molecular weight excluding hydrogens is 290 g/mol. The van der Waals surface area contributed by atoms with Gasteiger partial charge < -0.3 is 10.1 Å². The number of ether oxygens (including phenoxy) is 1. The first-order chi connectivity index (χ1) is 11.3. The van der Waals surface area contributed by atoms with Gasteiger partial charge in [-0.3, -0.25) is 9.89 Å². The van der Waals surface area contributed by atoms with Crippen LogP contribution in [0.25, 0.3) is 10.9 Å². The second-order valence-electron chi connectivity index (χ2n) is 5.26. The summed E-state index contributed by atoms with van der Waals surface area (Å²) in [4.78, 5) is 12.2. The van der Waals surface area contributed by atoms with E-state index in [4.69, 9.17) is 4.74 Å². The van der Waals surface area contributed by atoms with Crippen molar-refractivity contribution < 1.29 is 9.53 Å². The number of amides is 1. The molecule has 0 aliphatic heterocycles. The molecule has 3 rings (SSSR count). The van der Waals surface area contributed by atoms with E-state index in [1.165, 1.54) is 0 Å². The van der Waals surface area contributed by atoms with Crippen molar-refractivity contribution in [3.8, 4) is 5.75 Å². The number of H-pyrrole nitrogens is 1. The fraction of sp³-hybridized carbons (Fsp3) is 0.222. The zero-order valence-electron chi connectivity index (χ0n) is 13.0. The predicted molar refractivity (Wildman–Crippen MR) is 90.7 cm³/mol. The minimum atomic E-state index is -0.0147. The van der Waals surface area contributed by atoms with E-state index in [1.807, 2.05) is 49.4 Å². The van der Waals surface area contributed by atoms with Crippen LogP contribution in [-0.2, 0) is 11.2 Å². The minimum absolute atomic E-state index is 0.0147. The number of nitrogens with zero attached hydrogens (tertiary/aromatic N) is 1. The van der Waals surface area contributed by atoms with E-state index < -0.39 is 0 Å². The summed E-state index contributed by atoms with van der Waals surface area (Å²) in [5.74, 6) is 0.835. The Labute approximate surface area is 134 Å². The van der Waals surface area contributed by atoms with Gasteiger partial charge in [-0.05, 0) is 43.2 Å². The van der Waals surface area contributed by atoms with Gasteiger partial charge in [-0.15, -0.1) is 0 Å². The summed E-state index contributed by atoms with van der Waals surface area (Å²) in [5, 5.41) is 10.8. The summed E-state index contributed by atoms with van der Waals surface area (Å²) < 4.78 is 5.58. The van der Waals surface area contributed by atoms with Crippen LogP contribution in [0.4, 0.5) is 5.69 Å². The van der Waals surface area contributed by atoms with Crippen LogP contribution >= 0.6 is 0 Å². The summed E-state index contributed by atoms with van der Waals surface area (Å²) >= 11 is 0. The maximum Gasteiger partial charge on any atom is 0.224 e. The highest BCUT2D eigenvalue weighted by Crippen LogP contribution is 2.20. The van der Waals surface area contributed by atoms with Crippen molar-refractivity contribution in [3.63, 3.8) is 0 Å². The second-order valence-corrected chi connectivity index (χ2v) is 5.26. The van der Waals surface area contributed by atoms with E-state index in [0.717, 1.165) is 27.9 Å². The molecular formula is C18H19N3O2. The molecule has 3 aromatic rings. The normalized spacial score (nSPS) is 10.7. The van der Waals surface area contributed by atoms with Crippen LogP contribution in [0, 0.1) is 0 Å². The molecule has 0 saturated carbocycles. The van der Waals surface area contributed by atoms with Crippen LogP contribution in [0.1, 0.15) is 18.9 Å². The largest absolute Gasteiger partial charge is 0.494 e. The molecule has 0 bridgehead atoms. The van der Waals surface area contributed by atoms with Crippen molar-refractivity contribution >= 4 is 22.5 Å². The lowest BCUT2D eigenvalue weighted by Gasteiger charge is -2.10. The average Bonchev–Trinajstić information content (AvgIpc) is 3.02. The SMILES string of the molecule is CCOc1ccccc1CCC(=O)Nc1ccc2[nH]ncc2c1. The van der Waals surface area contributed by atoms with Gasteiger partial charge in [-0.2, -0.15) is 5.10 Å². The fourth-order valence-electron chi connectivity index (χ4n) is 2.50. The molecule has 0 aliphatic rings. The molecule has 2 N–H and O–H groups in total. The van der Waals surface area contributed by atoms with Gasteiger partial charge in [0.2, 0.25) is 5.91 Å². The Morgan fingerprint density at radius 1 is 1.26 bits per heavy atom. The number of para-hydroxylation sites is 1. The van der Waals surface area contributed by atoms with E-state index >= 15 is 0 Å². The number of rotatable bonds is 6. The first kappa shape index (κ1) is 15.1. The van der Waals surface area contributed by atoms with Crippen molar-refractivity contribution in [2.45, 2.75) is 19.8 Å². The van der Waals surface area contributed by atoms with E-state index in [0.29, 0.717) is 19.4 Å². The number of aryl methyl sites for hydroxylation is 1. The maximum absolute atomic E-state index is 12.2. The van der Waals surface area contributed by atoms with E-state index in [9.17, 15) is 4.79 Å². The van der Waals surface area contributed by atoms with Crippen molar-refractivity contribution in [3.05, 3.63) is 54.2 Å². The Bertz CT molecular complexity index is 811. The Hall–Kier alpha value is -2.82. The van der Waals surface area contributed by atoms with Gasteiger partial charge in [-0.25, -0.2) is 0 Å². The van der Waals surface area contributed by atoms with E-state index in [-0.39, 0.29) is 5.91 Å². The molecule has 1 heterocycles. The molecule has 5 heteroatoms. The van der Waals surface area contributed by atoms with E-state index in [1.54, 1.807) is 6.20 Å². The predicted octanol–water partition coefficient (Wildman–Crippen LogP) is 3.53. The fourth-order valence-corrected chi connectivity index (χ4v) is 2.50. The van der Waals surface area contributed by atoms with Crippen molar-refractivity contribution in [1.29, 1.82) is 0 Å². The zero-order valence-corrected chi connectivity index (χ0v) is 13.0. The highest BCUT2D eigenvalue weighted by atomic mass is 16.5. The van der Waals surface area contributed by atoms with Crippen molar-refractivity contribution in [1.82, 2.24) is 10.2 Å². The van der Waals surface area contributed by atoms with Gasteiger partial charge in [0, 0.05) is 17.5 Å². The Balaban J connectivity index is 1.61. The van der Waals surface area contributed by atoms with Gasteiger partial charge >= 0.3 is 0 Å². The summed E-state index contributed by atoms with van der Waals surface area (Å²) in [7, 11) is 0. The highest BCUT2D eigenvalue weighted by molar-refractivity contribution is 5.93. The number of nitrogens with one attached hydrogen (secondary N) is 2. The standard InChI is InChI=1S/C18H19N3O2/c1-2-23-17-6-4-3-5-13(17)7-10-18(22)20-15-8-9-16-14(11-15)12-19-21-16/h3-6,8-9,11-12H,2,7,10H2,1H3,(H,19,21)(H,20,22). The molecule has 1 aromatic heterocycles. The Kier molecular flexibility index (Phi) is 4.57. The second kappa shape index (κ2) is 6.96. The third-order valence-electron chi connectivity index (χ3n) is 3.62. The first-order valence-electron chi connectivity index (χ1n) is 7.70. The van der Waals surface area contributed by atoms with Gasteiger partial charge in [-0.1, -0.05) is 18.2 Å². The summed E-state index contributed by atoms with van der Waals surface area (Å²) in [6.45, 7) is 2.57. The number of anilines is 1. The summed E-state index contributed by atoms with van der Waals surface area (Å²) in [6, 6.07) is 13.5. The van der Waals surface area contributed by atoms with E-state index in [2.05, 4.69) is 15.5 Å². The molecule has 0 radical (unpaired) electrons. The number of fused-ring (bicyclic) bond motifs is 1. The average molecular weight is 309 g/mol. The molecule has 0 saturated heterocycles. The van der Waals surface area contributed by atoms with Crippen LogP contribution in [0.2, 0.25) is 0 Å². The number of carbonyl (C=O) groups is 1. The lowest BCUT2D eigenvalue weighted by atomic mass is 10.1. The lowest BCUT2D eigenvalue weighted by Crippen LogP contribution is -2.12. The molecule has 5 nitrogen and oxygen atoms in total. The van der Waals surface area contributed by atoms with Gasteiger partial charge in [0.05, 0.1) is 18.3 Å². The Morgan fingerprint density at radius 2 is 2.13 bits per heavy atom. The number of carbonyl (C=O) groups excluding carboxylic acids is 1. The number of hydrogen-bond acceptors (Lipinski definition) is 3. The molecule has 118 valence electrons. The van der Waals surface area contributed by atoms with Crippen LogP contribution in [0.3, 0.4) is 0 Å². The molecule has 0 atom stereocenters. The van der Waals surface area contributed by atoms with Crippen molar-refractivity contribution in [2.24, 2.45) is 0 Å². The summed E-state index contributed by atoms with van der Waals surface area (Å²) in [5.41, 5.74) is 2.78. The quantitative estimate of drug-likeness (QED) is 0.732. The van der Waals surface area contributed by atoms with Gasteiger partial charge in [0.25, 0.3) is 0 Å². The van der Waals surface area contributed by atoms with Crippen molar-refractivity contribution in [2.75, 3.05) is 11.9 Å².